The molecule has 0 bridgehead atoms. The van der Waals surface area contributed by atoms with E-state index in [1.54, 1.807) is 0 Å². The number of rotatable bonds is 6. The van der Waals surface area contributed by atoms with Crippen LogP contribution >= 0.6 is 0 Å². The molecule has 1 amide bonds. The number of nitrogen functional groups attached to an aromatic ring is 1. The van der Waals surface area contributed by atoms with Gasteiger partial charge in [-0.3, -0.25) is 4.79 Å². The molecule has 112 valence electrons. The zero-order valence-corrected chi connectivity index (χ0v) is 11.7. The fourth-order valence-corrected chi connectivity index (χ4v) is 2.21. The largest absolute Gasteiger partial charge is 0.396 e. The molecule has 1 rings (SSSR count). The number of nitrogens with zero attached hydrogens (tertiary/aromatic N) is 1. The minimum atomic E-state index is -0.926. The van der Waals surface area contributed by atoms with Gasteiger partial charge in [-0.2, -0.15) is 0 Å². The number of carbonyl (C=O) groups is 1. The SMILES string of the molecule is CCC(CC)N(CCO)C(=O)c1cc(F)cc(N)c1F. The number of hydrogen-bond donors (Lipinski definition) is 2. The van der Waals surface area contributed by atoms with Gasteiger partial charge >= 0.3 is 0 Å². The Morgan fingerprint density at radius 1 is 1.35 bits per heavy atom. The molecule has 20 heavy (non-hydrogen) atoms. The van der Waals surface area contributed by atoms with Crippen molar-refractivity contribution in [3.63, 3.8) is 0 Å². The maximum atomic E-state index is 13.9. The van der Waals surface area contributed by atoms with Gasteiger partial charge in [-0.1, -0.05) is 13.8 Å². The van der Waals surface area contributed by atoms with E-state index in [1.807, 2.05) is 13.8 Å². The lowest BCUT2D eigenvalue weighted by Gasteiger charge is -2.30. The molecule has 0 aliphatic rings. The monoisotopic (exact) mass is 286 g/mol. The van der Waals surface area contributed by atoms with Gasteiger partial charge in [-0.05, 0) is 25.0 Å². The van der Waals surface area contributed by atoms with E-state index in [-0.39, 0.29) is 19.2 Å². The van der Waals surface area contributed by atoms with Crippen molar-refractivity contribution >= 4 is 11.6 Å². The van der Waals surface area contributed by atoms with Gasteiger partial charge in [0.2, 0.25) is 0 Å². The van der Waals surface area contributed by atoms with Gasteiger partial charge in [-0.25, -0.2) is 8.78 Å². The quantitative estimate of drug-likeness (QED) is 0.788. The number of benzene rings is 1. The highest BCUT2D eigenvalue weighted by Gasteiger charge is 2.25. The Kier molecular flexibility index (Phi) is 5.88. The first-order chi connectivity index (χ1) is 9.46. The average Bonchev–Trinajstić information content (AvgIpc) is 2.42. The van der Waals surface area contributed by atoms with Crippen LogP contribution in [0.5, 0.6) is 0 Å². The van der Waals surface area contributed by atoms with Crippen LogP contribution in [0.2, 0.25) is 0 Å². The minimum absolute atomic E-state index is 0.0705. The molecule has 0 heterocycles. The topological polar surface area (TPSA) is 66.6 Å². The van der Waals surface area contributed by atoms with E-state index in [1.165, 1.54) is 4.90 Å². The number of nitrogens with two attached hydrogens (primary N) is 1. The van der Waals surface area contributed by atoms with E-state index in [0.29, 0.717) is 12.8 Å². The van der Waals surface area contributed by atoms with Crippen LogP contribution in [-0.2, 0) is 0 Å². The summed E-state index contributed by atoms with van der Waals surface area (Å²) in [5.74, 6) is -2.34. The summed E-state index contributed by atoms with van der Waals surface area (Å²) in [4.78, 5) is 13.7. The summed E-state index contributed by atoms with van der Waals surface area (Å²) in [6.07, 6.45) is 1.32. The average molecular weight is 286 g/mol. The summed E-state index contributed by atoms with van der Waals surface area (Å²) in [5.41, 5.74) is 4.54. The lowest BCUT2D eigenvalue weighted by atomic mass is 10.1. The second-order valence-corrected chi connectivity index (χ2v) is 4.55. The number of anilines is 1. The second kappa shape index (κ2) is 7.19. The number of hydrogen-bond acceptors (Lipinski definition) is 3. The number of aliphatic hydroxyl groups is 1. The summed E-state index contributed by atoms with van der Waals surface area (Å²) < 4.78 is 27.2. The van der Waals surface area contributed by atoms with E-state index >= 15 is 0 Å². The summed E-state index contributed by atoms with van der Waals surface area (Å²) in [6, 6.07) is 1.53. The third-order valence-electron chi connectivity index (χ3n) is 3.28. The second-order valence-electron chi connectivity index (χ2n) is 4.55. The van der Waals surface area contributed by atoms with Gasteiger partial charge in [0.1, 0.15) is 5.82 Å². The van der Waals surface area contributed by atoms with E-state index in [2.05, 4.69) is 0 Å². The van der Waals surface area contributed by atoms with Crippen molar-refractivity contribution in [2.75, 3.05) is 18.9 Å². The van der Waals surface area contributed by atoms with Crippen LogP contribution in [0.3, 0.4) is 0 Å². The van der Waals surface area contributed by atoms with E-state index < -0.39 is 28.8 Å². The highest BCUT2D eigenvalue weighted by Crippen LogP contribution is 2.21. The number of halogens is 2. The molecule has 0 atom stereocenters. The highest BCUT2D eigenvalue weighted by atomic mass is 19.1. The van der Waals surface area contributed by atoms with Crippen LogP contribution in [-0.4, -0.2) is 35.1 Å². The predicted molar refractivity (Wildman–Crippen MR) is 73.3 cm³/mol. The Morgan fingerprint density at radius 3 is 2.45 bits per heavy atom. The first kappa shape index (κ1) is 16.4. The molecule has 0 spiro atoms. The summed E-state index contributed by atoms with van der Waals surface area (Å²) in [7, 11) is 0. The fourth-order valence-electron chi connectivity index (χ4n) is 2.21. The van der Waals surface area contributed by atoms with Crippen molar-refractivity contribution in [3.8, 4) is 0 Å². The first-order valence-electron chi connectivity index (χ1n) is 6.62. The standard InChI is InChI=1S/C14H20F2N2O2/c1-3-10(4-2)18(5-6-19)14(20)11-7-9(15)8-12(17)13(11)16/h7-8,10,19H,3-6,17H2,1-2H3. The maximum absolute atomic E-state index is 13.9. The molecule has 0 unspecified atom stereocenters. The van der Waals surface area contributed by atoms with Crippen molar-refractivity contribution in [2.24, 2.45) is 0 Å². The summed E-state index contributed by atoms with van der Waals surface area (Å²) in [6.45, 7) is 3.61. The Balaban J connectivity index is 3.18. The molecule has 0 saturated heterocycles. The lowest BCUT2D eigenvalue weighted by Crippen LogP contribution is -2.42. The molecule has 0 saturated carbocycles. The van der Waals surface area contributed by atoms with Crippen LogP contribution in [0.25, 0.3) is 0 Å². The number of amides is 1. The fraction of sp³-hybridized carbons (Fsp3) is 0.500. The third-order valence-corrected chi connectivity index (χ3v) is 3.28. The van der Waals surface area contributed by atoms with Crippen LogP contribution in [0.15, 0.2) is 12.1 Å². The van der Waals surface area contributed by atoms with Crippen molar-refractivity contribution in [1.29, 1.82) is 0 Å². The van der Waals surface area contributed by atoms with E-state index in [0.717, 1.165) is 12.1 Å². The van der Waals surface area contributed by atoms with Gasteiger partial charge < -0.3 is 15.7 Å². The first-order valence-corrected chi connectivity index (χ1v) is 6.62. The molecule has 0 radical (unpaired) electrons. The molecule has 4 nitrogen and oxygen atoms in total. The maximum Gasteiger partial charge on any atom is 0.257 e. The van der Waals surface area contributed by atoms with Crippen LogP contribution in [0.1, 0.15) is 37.0 Å². The zero-order valence-electron chi connectivity index (χ0n) is 11.7. The predicted octanol–water partition coefficient (Wildman–Crippen LogP) is 2.17. The Hall–Kier alpha value is -1.69. The smallest absolute Gasteiger partial charge is 0.257 e. The van der Waals surface area contributed by atoms with Gasteiger partial charge in [0.05, 0.1) is 17.9 Å². The Bertz CT molecular complexity index is 476. The van der Waals surface area contributed by atoms with E-state index in [9.17, 15) is 13.6 Å². The molecule has 3 N–H and O–H groups in total. The van der Waals surface area contributed by atoms with Gasteiger partial charge in [0, 0.05) is 12.6 Å². The normalized spacial score (nSPS) is 10.9. The van der Waals surface area contributed by atoms with Crippen LogP contribution in [0, 0.1) is 11.6 Å². The van der Waals surface area contributed by atoms with Crippen LogP contribution < -0.4 is 5.73 Å². The molecular weight excluding hydrogens is 266 g/mol. The molecule has 0 aliphatic carbocycles. The van der Waals surface area contributed by atoms with Gasteiger partial charge in [0.25, 0.3) is 5.91 Å². The molecule has 1 aromatic carbocycles. The number of carbonyl (C=O) groups excluding carboxylic acids is 1. The highest BCUT2D eigenvalue weighted by molar-refractivity contribution is 5.95. The molecule has 0 aromatic heterocycles. The Labute approximate surface area is 117 Å². The summed E-state index contributed by atoms with van der Waals surface area (Å²) in [5, 5.41) is 9.06. The zero-order chi connectivity index (χ0) is 15.3. The minimum Gasteiger partial charge on any atom is -0.396 e. The molecule has 1 aromatic rings. The van der Waals surface area contributed by atoms with Crippen molar-refractivity contribution in [2.45, 2.75) is 32.7 Å². The molecular formula is C14H20F2N2O2. The molecule has 6 heteroatoms. The summed E-state index contributed by atoms with van der Waals surface area (Å²) >= 11 is 0. The van der Waals surface area contributed by atoms with Gasteiger partial charge in [-0.15, -0.1) is 0 Å². The lowest BCUT2D eigenvalue weighted by molar-refractivity contribution is 0.0617. The van der Waals surface area contributed by atoms with E-state index in [4.69, 9.17) is 10.8 Å². The molecule has 0 aliphatic heterocycles. The number of aliphatic hydroxyl groups excluding tert-OH is 1. The van der Waals surface area contributed by atoms with Gasteiger partial charge in [0.15, 0.2) is 5.82 Å². The third kappa shape index (κ3) is 3.45. The van der Waals surface area contributed by atoms with Crippen molar-refractivity contribution in [3.05, 3.63) is 29.3 Å². The Morgan fingerprint density at radius 2 is 1.95 bits per heavy atom. The van der Waals surface area contributed by atoms with Crippen LogP contribution in [0.4, 0.5) is 14.5 Å². The molecule has 0 fully saturated rings. The van der Waals surface area contributed by atoms with Crippen molar-refractivity contribution in [1.82, 2.24) is 4.90 Å². The van der Waals surface area contributed by atoms with Crippen molar-refractivity contribution < 1.29 is 18.7 Å².